The minimum absolute atomic E-state index is 0.00329. The second kappa shape index (κ2) is 25.7. The molecule has 396 valence electrons. The highest BCUT2D eigenvalue weighted by molar-refractivity contribution is 6.31. The molecular formula is C62H52Cl2N2O12. The van der Waals surface area contributed by atoms with Gasteiger partial charge in [-0.15, -0.1) is 0 Å². The van der Waals surface area contributed by atoms with Gasteiger partial charge < -0.3 is 28.8 Å². The first-order valence-electron chi connectivity index (χ1n) is 24.4. The number of ether oxygens (including phenoxy) is 2. The van der Waals surface area contributed by atoms with Crippen LogP contribution in [0.4, 0.5) is 0 Å². The number of hydrogen-bond donors (Lipinski definition) is 2. The Morgan fingerprint density at radius 2 is 0.808 bits per heavy atom. The van der Waals surface area contributed by atoms with E-state index in [1.54, 1.807) is 60.7 Å². The number of pyridine rings is 2. The molecule has 0 unspecified atom stereocenters. The molecule has 8 rings (SSSR count). The first-order chi connectivity index (χ1) is 37.3. The standard InChI is InChI=1S/2C31H26ClNO6/c2*1-19(34)24-13-12-23(32)16-25(24)26-17-30(36)33(18-29(26)39-2)27(14-20-6-4-3-5-7-20)28(35)15-21-8-10-22(11-9-21)31(37)38/h2*3-13,16-18,27H,14-15H2,1-2H3,(H,37,38)/t2*27-/m10/s1. The van der Waals surface area contributed by atoms with E-state index in [1.807, 2.05) is 60.7 Å². The molecule has 2 aromatic heterocycles. The normalized spacial score (nSPS) is 11.6. The van der Waals surface area contributed by atoms with Crippen LogP contribution in [0.1, 0.15) is 89.6 Å². The maximum absolute atomic E-state index is 13.7. The first kappa shape index (κ1) is 56.7. The number of Topliss-reactive ketones (excluding diaryl/α,β-unsaturated/α-hetero) is 4. The van der Waals surface area contributed by atoms with Crippen LogP contribution >= 0.6 is 23.2 Å². The van der Waals surface area contributed by atoms with Gasteiger partial charge in [-0.1, -0.05) is 108 Å². The Morgan fingerprint density at radius 3 is 1.12 bits per heavy atom. The average molecular weight is 1090 g/mol. The number of ketones is 4. The summed E-state index contributed by atoms with van der Waals surface area (Å²) in [5, 5.41) is 19.1. The fourth-order valence-corrected chi connectivity index (χ4v) is 9.31. The number of halogens is 2. The number of carbonyl (C=O) groups excluding carboxylic acids is 4. The topological polar surface area (TPSA) is 205 Å². The highest BCUT2D eigenvalue weighted by Gasteiger charge is 2.27. The molecule has 0 saturated heterocycles. The van der Waals surface area contributed by atoms with Gasteiger partial charge in [0.15, 0.2) is 23.1 Å². The lowest BCUT2D eigenvalue weighted by atomic mass is 9.95. The van der Waals surface area contributed by atoms with Gasteiger partial charge >= 0.3 is 11.9 Å². The molecule has 14 nitrogen and oxygen atoms in total. The monoisotopic (exact) mass is 1090 g/mol. The smallest absolute Gasteiger partial charge is 0.335 e. The molecule has 16 heteroatoms. The van der Waals surface area contributed by atoms with Crippen molar-refractivity contribution in [3.05, 3.63) is 245 Å². The van der Waals surface area contributed by atoms with E-state index in [9.17, 15) is 38.4 Å². The van der Waals surface area contributed by atoms with Crippen LogP contribution in [0.25, 0.3) is 22.3 Å². The van der Waals surface area contributed by atoms with Crippen molar-refractivity contribution in [1.82, 2.24) is 9.13 Å². The molecule has 0 aliphatic heterocycles. The summed E-state index contributed by atoms with van der Waals surface area (Å²) in [6.45, 7) is 2.86. The van der Waals surface area contributed by atoms with E-state index in [-0.39, 0.29) is 59.9 Å². The van der Waals surface area contributed by atoms with Gasteiger partial charge in [-0.2, -0.15) is 0 Å². The van der Waals surface area contributed by atoms with Crippen LogP contribution < -0.4 is 20.6 Å². The molecule has 0 aliphatic carbocycles. The van der Waals surface area contributed by atoms with Crippen molar-refractivity contribution in [3.8, 4) is 33.8 Å². The highest BCUT2D eigenvalue weighted by Crippen LogP contribution is 2.36. The number of hydrogen-bond acceptors (Lipinski definition) is 10. The van der Waals surface area contributed by atoms with Gasteiger partial charge in [0.1, 0.15) is 11.5 Å². The fraction of sp³-hybridized carbons (Fsp3) is 0.161. The summed E-state index contributed by atoms with van der Waals surface area (Å²) in [6, 6.07) is 41.4. The predicted octanol–water partition coefficient (Wildman–Crippen LogP) is 11.3. The Morgan fingerprint density at radius 1 is 0.462 bits per heavy atom. The Kier molecular flexibility index (Phi) is 18.7. The van der Waals surface area contributed by atoms with E-state index in [4.69, 9.17) is 42.9 Å². The van der Waals surface area contributed by atoms with Crippen LogP contribution in [0.3, 0.4) is 0 Å². The number of carboxylic acids is 2. The molecule has 6 aromatic carbocycles. The molecule has 0 aliphatic rings. The van der Waals surface area contributed by atoms with Crippen LogP contribution in [-0.4, -0.2) is 68.6 Å². The molecule has 2 atom stereocenters. The van der Waals surface area contributed by atoms with Crippen LogP contribution in [0.5, 0.6) is 11.5 Å². The Hall–Kier alpha value is -8.98. The number of nitrogens with zero attached hydrogens (tertiary/aromatic N) is 2. The molecule has 0 fully saturated rings. The number of aromatic carboxylic acids is 2. The lowest BCUT2D eigenvalue weighted by Crippen LogP contribution is -2.32. The molecule has 0 saturated carbocycles. The summed E-state index contributed by atoms with van der Waals surface area (Å²) in [6.07, 6.45) is 3.48. The Labute approximate surface area is 458 Å². The minimum Gasteiger partial charge on any atom is -0.495 e. The van der Waals surface area contributed by atoms with E-state index in [1.165, 1.54) is 86.0 Å². The number of carbonyl (C=O) groups is 6. The van der Waals surface area contributed by atoms with Crippen LogP contribution in [0.15, 0.2) is 180 Å². The van der Waals surface area contributed by atoms with E-state index in [0.29, 0.717) is 66.1 Å². The zero-order valence-electron chi connectivity index (χ0n) is 42.8. The molecule has 78 heavy (non-hydrogen) atoms. The van der Waals surface area contributed by atoms with E-state index in [0.717, 1.165) is 11.1 Å². The Bertz CT molecular complexity index is 3430. The first-order valence-corrected chi connectivity index (χ1v) is 25.1. The maximum Gasteiger partial charge on any atom is 0.335 e. The molecule has 0 bridgehead atoms. The lowest BCUT2D eigenvalue weighted by Gasteiger charge is -2.21. The Balaban J connectivity index is 0.000000226. The highest BCUT2D eigenvalue weighted by atomic mass is 35.5. The van der Waals surface area contributed by atoms with Crippen molar-refractivity contribution >= 4 is 58.3 Å². The lowest BCUT2D eigenvalue weighted by molar-refractivity contribution is -0.122. The second-order valence-electron chi connectivity index (χ2n) is 18.2. The number of methoxy groups -OCH3 is 2. The number of rotatable bonds is 20. The third-order valence-corrected chi connectivity index (χ3v) is 13.4. The summed E-state index contributed by atoms with van der Waals surface area (Å²) in [5.74, 6) is -2.36. The third kappa shape index (κ3) is 13.9. The molecule has 2 heterocycles. The second-order valence-corrected chi connectivity index (χ2v) is 19.1. The van der Waals surface area contributed by atoms with Gasteiger partial charge in [0.05, 0.1) is 49.8 Å². The summed E-state index contributed by atoms with van der Waals surface area (Å²) in [5.41, 5.74) is 4.80. The minimum atomic E-state index is -1.05. The van der Waals surface area contributed by atoms with Crippen molar-refractivity contribution in [3.63, 3.8) is 0 Å². The fourth-order valence-electron chi connectivity index (χ4n) is 8.96. The number of benzene rings is 6. The average Bonchev–Trinajstić information content (AvgIpc) is 3.43. The largest absolute Gasteiger partial charge is 0.495 e. The molecule has 0 radical (unpaired) electrons. The summed E-state index contributed by atoms with van der Waals surface area (Å²) in [7, 11) is 2.90. The number of carboxylic acid groups (broad SMARTS) is 2. The molecule has 0 spiro atoms. The van der Waals surface area contributed by atoms with Gasteiger partial charge in [-0.3, -0.25) is 28.8 Å². The van der Waals surface area contributed by atoms with Crippen molar-refractivity contribution in [2.24, 2.45) is 0 Å². The van der Waals surface area contributed by atoms with Crippen LogP contribution in [-0.2, 0) is 35.3 Å². The van der Waals surface area contributed by atoms with Gasteiger partial charge in [-0.05, 0) is 108 Å². The van der Waals surface area contributed by atoms with Gasteiger partial charge in [0.25, 0.3) is 11.1 Å². The van der Waals surface area contributed by atoms with Crippen molar-refractivity contribution in [2.75, 3.05) is 14.2 Å². The van der Waals surface area contributed by atoms with E-state index in [2.05, 4.69) is 0 Å². The van der Waals surface area contributed by atoms with E-state index < -0.39 is 35.1 Å². The van der Waals surface area contributed by atoms with Crippen molar-refractivity contribution in [1.29, 1.82) is 0 Å². The zero-order chi connectivity index (χ0) is 56.2. The molecular weight excluding hydrogens is 1040 g/mol. The quantitative estimate of drug-likeness (QED) is 0.0684. The summed E-state index contributed by atoms with van der Waals surface area (Å²) < 4.78 is 13.9. The van der Waals surface area contributed by atoms with Gasteiger partial charge in [0, 0.05) is 70.1 Å². The van der Waals surface area contributed by atoms with Crippen molar-refractivity contribution < 1.29 is 48.5 Å². The van der Waals surface area contributed by atoms with E-state index >= 15 is 0 Å². The predicted molar refractivity (Wildman–Crippen MR) is 298 cm³/mol. The maximum atomic E-state index is 13.7. The molecule has 2 N–H and O–H groups in total. The van der Waals surface area contributed by atoms with Crippen LogP contribution in [0, 0.1) is 0 Å². The number of aromatic nitrogens is 2. The van der Waals surface area contributed by atoms with Gasteiger partial charge in [-0.25, -0.2) is 9.59 Å². The SMILES string of the molecule is COc1cn([C@@H](Cc2ccccc2)C(=O)Cc2ccc(C(=O)O)cc2)c(=O)cc1-c1cc(Cl)ccc1C(C)=O.COc1cn([C@H](Cc2ccccc2)C(=O)Cc2ccc(C(=O)O)cc2)c(=O)cc1-c1cc(Cl)ccc1C(C)=O. The molecule has 0 amide bonds. The summed E-state index contributed by atoms with van der Waals surface area (Å²) >= 11 is 12.4. The summed E-state index contributed by atoms with van der Waals surface area (Å²) in [4.78, 5) is 101. The zero-order valence-corrected chi connectivity index (χ0v) is 44.3. The van der Waals surface area contributed by atoms with Crippen LogP contribution in [0.2, 0.25) is 10.0 Å². The third-order valence-electron chi connectivity index (χ3n) is 12.9. The van der Waals surface area contributed by atoms with Gasteiger partial charge in [0.2, 0.25) is 0 Å². The van der Waals surface area contributed by atoms with Crippen molar-refractivity contribution in [2.45, 2.75) is 51.6 Å². The molecule has 8 aromatic rings.